The van der Waals surface area contributed by atoms with Gasteiger partial charge in [-0.05, 0) is 68.1 Å². The highest BCUT2D eigenvalue weighted by molar-refractivity contribution is 5.92. The van der Waals surface area contributed by atoms with E-state index in [1.54, 1.807) is 12.1 Å². The maximum atomic E-state index is 11.1. The molecule has 0 spiro atoms. The molecule has 1 aliphatic rings. The number of amides is 1. The zero-order valence-corrected chi connectivity index (χ0v) is 15.2. The van der Waals surface area contributed by atoms with E-state index in [1.807, 2.05) is 12.1 Å². The summed E-state index contributed by atoms with van der Waals surface area (Å²) in [5, 5.41) is 0. The van der Waals surface area contributed by atoms with Crippen molar-refractivity contribution >= 4 is 5.91 Å². The molecule has 26 heavy (non-hydrogen) atoms. The minimum atomic E-state index is -0.403. The normalized spacial score (nSPS) is 15.2. The van der Waals surface area contributed by atoms with Crippen molar-refractivity contribution < 1.29 is 4.79 Å². The second kappa shape index (κ2) is 9.22. The van der Waals surface area contributed by atoms with Crippen molar-refractivity contribution in [2.45, 2.75) is 25.7 Å². The van der Waals surface area contributed by atoms with E-state index < -0.39 is 5.91 Å². The number of benzene rings is 2. The average molecular weight is 346 g/mol. The van der Waals surface area contributed by atoms with Gasteiger partial charge in [0, 0.05) is 24.1 Å². The topological polar surface area (TPSA) is 46.3 Å². The standard InChI is InChI=1S/C23H26N2O/c24-23(26)22-11-9-19(10-12-22)6-4-5-15-25-16-13-21(14-17-25)18-20-7-2-1-3-8-20/h1-3,7-12,21H,5,13-18H2,(H2,24,26). The van der Waals surface area contributed by atoms with E-state index in [-0.39, 0.29) is 0 Å². The molecule has 1 aliphatic heterocycles. The summed E-state index contributed by atoms with van der Waals surface area (Å²) in [6.45, 7) is 3.38. The minimum absolute atomic E-state index is 0.403. The molecule has 3 nitrogen and oxygen atoms in total. The number of hydrogen-bond acceptors (Lipinski definition) is 2. The third kappa shape index (κ3) is 5.47. The van der Waals surface area contributed by atoms with Crippen molar-refractivity contribution in [3.63, 3.8) is 0 Å². The Labute approximate surface area is 156 Å². The fourth-order valence-corrected chi connectivity index (χ4v) is 3.46. The predicted molar refractivity (Wildman–Crippen MR) is 106 cm³/mol. The van der Waals surface area contributed by atoms with Crippen molar-refractivity contribution in [2.75, 3.05) is 19.6 Å². The van der Waals surface area contributed by atoms with E-state index in [1.165, 1.54) is 37.9 Å². The van der Waals surface area contributed by atoms with Gasteiger partial charge in [-0.3, -0.25) is 4.79 Å². The molecule has 2 N–H and O–H groups in total. The number of nitrogens with zero attached hydrogens (tertiary/aromatic N) is 1. The lowest BCUT2D eigenvalue weighted by Gasteiger charge is -2.31. The van der Waals surface area contributed by atoms with Gasteiger partial charge in [0.25, 0.3) is 0 Å². The fourth-order valence-electron chi connectivity index (χ4n) is 3.46. The molecule has 0 aliphatic carbocycles. The highest BCUT2D eigenvalue weighted by Crippen LogP contribution is 2.21. The predicted octanol–water partition coefficient (Wildman–Crippen LogP) is 3.48. The molecule has 2 aromatic rings. The third-order valence-electron chi connectivity index (χ3n) is 5.03. The van der Waals surface area contributed by atoms with Gasteiger partial charge in [0.05, 0.1) is 0 Å². The van der Waals surface area contributed by atoms with Crippen LogP contribution >= 0.6 is 0 Å². The first kappa shape index (κ1) is 18.2. The first-order chi connectivity index (χ1) is 12.7. The van der Waals surface area contributed by atoms with Crippen LogP contribution in [0.3, 0.4) is 0 Å². The number of rotatable bonds is 5. The smallest absolute Gasteiger partial charge is 0.248 e. The lowest BCUT2D eigenvalue weighted by Crippen LogP contribution is -2.34. The van der Waals surface area contributed by atoms with E-state index in [2.05, 4.69) is 47.1 Å². The van der Waals surface area contributed by atoms with Crippen LogP contribution in [-0.4, -0.2) is 30.4 Å². The minimum Gasteiger partial charge on any atom is -0.366 e. The van der Waals surface area contributed by atoms with Crippen LogP contribution in [0.5, 0.6) is 0 Å². The van der Waals surface area contributed by atoms with Crippen LogP contribution in [0.2, 0.25) is 0 Å². The zero-order valence-electron chi connectivity index (χ0n) is 15.2. The molecule has 2 aromatic carbocycles. The molecule has 0 saturated carbocycles. The van der Waals surface area contributed by atoms with Crippen LogP contribution in [0.1, 0.15) is 40.7 Å². The van der Waals surface area contributed by atoms with Crippen molar-refractivity contribution in [3.05, 3.63) is 71.3 Å². The van der Waals surface area contributed by atoms with E-state index in [0.717, 1.165) is 24.4 Å². The number of piperidine rings is 1. The van der Waals surface area contributed by atoms with Crippen molar-refractivity contribution in [1.29, 1.82) is 0 Å². The van der Waals surface area contributed by atoms with Gasteiger partial charge in [-0.1, -0.05) is 42.2 Å². The van der Waals surface area contributed by atoms with Gasteiger partial charge in [-0.15, -0.1) is 0 Å². The molecule has 1 amide bonds. The number of primary amides is 1. The third-order valence-corrected chi connectivity index (χ3v) is 5.03. The molecular weight excluding hydrogens is 320 g/mol. The van der Waals surface area contributed by atoms with Crippen LogP contribution in [0, 0.1) is 17.8 Å². The fraction of sp³-hybridized carbons (Fsp3) is 0.348. The summed E-state index contributed by atoms with van der Waals surface area (Å²) in [5.74, 6) is 6.81. The van der Waals surface area contributed by atoms with E-state index in [0.29, 0.717) is 5.56 Å². The highest BCUT2D eigenvalue weighted by atomic mass is 16.1. The summed E-state index contributed by atoms with van der Waals surface area (Å²) in [4.78, 5) is 13.6. The largest absolute Gasteiger partial charge is 0.366 e. The van der Waals surface area contributed by atoms with Crippen LogP contribution in [0.4, 0.5) is 0 Å². The molecule has 1 heterocycles. The second-order valence-corrected chi connectivity index (χ2v) is 6.97. The molecule has 0 unspecified atom stereocenters. The Morgan fingerprint density at radius 3 is 2.38 bits per heavy atom. The quantitative estimate of drug-likeness (QED) is 0.843. The summed E-state index contributed by atoms with van der Waals surface area (Å²) in [6.07, 6.45) is 4.63. The number of hydrogen-bond donors (Lipinski definition) is 1. The van der Waals surface area contributed by atoms with Gasteiger partial charge in [0.15, 0.2) is 0 Å². The van der Waals surface area contributed by atoms with Crippen LogP contribution < -0.4 is 5.73 Å². The van der Waals surface area contributed by atoms with Crippen LogP contribution in [0.15, 0.2) is 54.6 Å². The molecule has 0 atom stereocenters. The van der Waals surface area contributed by atoms with Crippen LogP contribution in [0.25, 0.3) is 0 Å². The molecule has 1 saturated heterocycles. The van der Waals surface area contributed by atoms with Crippen LogP contribution in [-0.2, 0) is 6.42 Å². The summed E-state index contributed by atoms with van der Waals surface area (Å²) in [7, 11) is 0. The Balaban J connectivity index is 1.38. The second-order valence-electron chi connectivity index (χ2n) is 6.97. The molecule has 1 fully saturated rings. The number of likely N-dealkylation sites (tertiary alicyclic amines) is 1. The Kier molecular flexibility index (Phi) is 6.46. The van der Waals surface area contributed by atoms with E-state index >= 15 is 0 Å². The maximum Gasteiger partial charge on any atom is 0.248 e. The van der Waals surface area contributed by atoms with Crippen molar-refractivity contribution in [1.82, 2.24) is 4.90 Å². The molecular formula is C23H26N2O. The average Bonchev–Trinajstić information content (AvgIpc) is 2.68. The lowest BCUT2D eigenvalue weighted by atomic mass is 9.90. The summed E-state index contributed by atoms with van der Waals surface area (Å²) >= 11 is 0. The summed E-state index contributed by atoms with van der Waals surface area (Å²) in [6, 6.07) is 18.0. The van der Waals surface area contributed by atoms with Gasteiger partial charge in [-0.2, -0.15) is 0 Å². The number of carbonyl (C=O) groups excluding carboxylic acids is 1. The molecule has 0 bridgehead atoms. The molecule has 3 heteroatoms. The van der Waals surface area contributed by atoms with Crippen molar-refractivity contribution in [3.8, 4) is 11.8 Å². The number of nitrogens with two attached hydrogens (primary N) is 1. The van der Waals surface area contributed by atoms with Gasteiger partial charge in [0.2, 0.25) is 5.91 Å². The highest BCUT2D eigenvalue weighted by Gasteiger charge is 2.18. The molecule has 0 aromatic heterocycles. The summed E-state index contributed by atoms with van der Waals surface area (Å²) in [5.41, 5.74) is 8.15. The molecule has 3 rings (SSSR count). The van der Waals surface area contributed by atoms with Gasteiger partial charge < -0.3 is 10.6 Å². The Hall–Kier alpha value is -2.57. The monoisotopic (exact) mass is 346 g/mol. The van der Waals surface area contributed by atoms with Gasteiger partial charge in [0.1, 0.15) is 0 Å². The Bertz CT molecular complexity index is 763. The SMILES string of the molecule is NC(=O)c1ccc(C#CCCN2CCC(Cc3ccccc3)CC2)cc1. The molecule has 134 valence electrons. The molecule has 0 radical (unpaired) electrons. The first-order valence-electron chi connectivity index (χ1n) is 9.36. The number of carbonyl (C=O) groups is 1. The van der Waals surface area contributed by atoms with E-state index in [4.69, 9.17) is 5.73 Å². The van der Waals surface area contributed by atoms with E-state index in [9.17, 15) is 4.79 Å². The summed E-state index contributed by atoms with van der Waals surface area (Å²) < 4.78 is 0. The Morgan fingerprint density at radius 2 is 1.73 bits per heavy atom. The zero-order chi connectivity index (χ0) is 18.2. The Morgan fingerprint density at radius 1 is 1.04 bits per heavy atom. The maximum absolute atomic E-state index is 11.1. The van der Waals surface area contributed by atoms with Crippen molar-refractivity contribution in [2.24, 2.45) is 11.7 Å². The first-order valence-corrected chi connectivity index (χ1v) is 9.36. The van der Waals surface area contributed by atoms with Gasteiger partial charge in [-0.25, -0.2) is 0 Å². The van der Waals surface area contributed by atoms with Gasteiger partial charge >= 0.3 is 0 Å². The lowest BCUT2D eigenvalue weighted by molar-refractivity contribution is 0.100.